The normalized spacial score (nSPS) is 18.9. The first-order valence-corrected chi connectivity index (χ1v) is 11.0. The average Bonchev–Trinajstić information content (AvgIpc) is 2.79. The summed E-state index contributed by atoms with van der Waals surface area (Å²) in [4.78, 5) is 36.2. The standard InChI is InChI=1S/C23H22F6N4O2/c24-22(25,26)17-15(5-1-9-30-17)13-32-11-3-7-21(19(32)34)8-4-12-33(20(21)35)14-16-6-2-10-31-18(16)23(27,28)29/h1-2,5-6,9-10H,3-4,7-8,11-14H2. The van der Waals surface area contributed by atoms with Crippen LogP contribution in [0.25, 0.3) is 0 Å². The van der Waals surface area contributed by atoms with E-state index in [0.29, 0.717) is 12.8 Å². The fourth-order valence-corrected chi connectivity index (χ4v) is 4.95. The highest BCUT2D eigenvalue weighted by atomic mass is 19.4. The lowest BCUT2D eigenvalue weighted by molar-refractivity contribution is -0.166. The van der Waals surface area contributed by atoms with Crippen LogP contribution in [0.15, 0.2) is 36.7 Å². The van der Waals surface area contributed by atoms with Crippen LogP contribution in [0.2, 0.25) is 0 Å². The lowest BCUT2D eigenvalue weighted by Gasteiger charge is -2.46. The van der Waals surface area contributed by atoms with Crippen LogP contribution < -0.4 is 0 Å². The Hall–Kier alpha value is -3.18. The zero-order valence-corrected chi connectivity index (χ0v) is 18.5. The number of piperidine rings is 2. The van der Waals surface area contributed by atoms with Crippen molar-refractivity contribution in [3.8, 4) is 0 Å². The SMILES string of the molecule is O=C1N(Cc2cccnc2C(F)(F)F)CCCC12CCCN(Cc1cccnc1C(F)(F)F)C2=O. The van der Waals surface area contributed by atoms with Gasteiger partial charge in [0.1, 0.15) is 16.8 Å². The second kappa shape index (κ2) is 9.12. The summed E-state index contributed by atoms with van der Waals surface area (Å²) in [5.74, 6) is -1.20. The third-order valence-electron chi connectivity index (χ3n) is 6.50. The van der Waals surface area contributed by atoms with Gasteiger partial charge in [0.05, 0.1) is 0 Å². The van der Waals surface area contributed by atoms with Crippen molar-refractivity contribution < 1.29 is 35.9 Å². The second-order valence-electron chi connectivity index (χ2n) is 8.76. The van der Waals surface area contributed by atoms with Crippen molar-refractivity contribution in [2.75, 3.05) is 13.1 Å². The first kappa shape index (κ1) is 24.9. The Morgan fingerprint density at radius 1 is 0.743 bits per heavy atom. The van der Waals surface area contributed by atoms with Crippen LogP contribution >= 0.6 is 0 Å². The van der Waals surface area contributed by atoms with Gasteiger partial charge in [0.2, 0.25) is 11.8 Å². The van der Waals surface area contributed by atoms with Crippen LogP contribution in [0.4, 0.5) is 26.3 Å². The highest BCUT2D eigenvalue weighted by molar-refractivity contribution is 6.05. The van der Waals surface area contributed by atoms with E-state index < -0.39 is 41.0 Å². The molecule has 0 N–H and O–H groups in total. The number of rotatable bonds is 4. The largest absolute Gasteiger partial charge is 0.433 e. The number of nitrogens with zero attached hydrogens (tertiary/aromatic N) is 4. The summed E-state index contributed by atoms with van der Waals surface area (Å²) in [6, 6.07) is 5.16. The summed E-state index contributed by atoms with van der Waals surface area (Å²) in [5.41, 5.74) is -4.07. The van der Waals surface area contributed by atoms with Crippen LogP contribution in [0.5, 0.6) is 0 Å². The average molecular weight is 500 g/mol. The quantitative estimate of drug-likeness (QED) is 0.460. The second-order valence-corrected chi connectivity index (χ2v) is 8.76. The van der Waals surface area contributed by atoms with Crippen LogP contribution in [0.3, 0.4) is 0 Å². The molecule has 2 aliphatic rings. The van der Waals surface area contributed by atoms with Gasteiger partial charge in [0, 0.05) is 49.7 Å². The van der Waals surface area contributed by atoms with Crippen LogP contribution in [0, 0.1) is 5.41 Å². The number of alkyl halides is 6. The Balaban J connectivity index is 1.58. The summed E-state index contributed by atoms with van der Waals surface area (Å²) in [6.07, 6.45) is -6.23. The van der Waals surface area contributed by atoms with E-state index in [-0.39, 0.29) is 50.1 Å². The van der Waals surface area contributed by atoms with E-state index in [1.807, 2.05) is 0 Å². The summed E-state index contributed by atoms with van der Waals surface area (Å²) in [5, 5.41) is 0. The monoisotopic (exact) mass is 500 g/mol. The van der Waals surface area contributed by atoms with Gasteiger partial charge in [-0.25, -0.2) is 0 Å². The molecule has 2 amide bonds. The van der Waals surface area contributed by atoms with Crippen LogP contribution in [0.1, 0.15) is 48.2 Å². The number of pyridine rings is 2. The summed E-state index contributed by atoms with van der Waals surface area (Å²) in [7, 11) is 0. The molecule has 2 aliphatic heterocycles. The molecule has 4 heterocycles. The number of hydrogen-bond donors (Lipinski definition) is 0. The molecular weight excluding hydrogens is 478 g/mol. The van der Waals surface area contributed by atoms with Crippen molar-refractivity contribution in [3.63, 3.8) is 0 Å². The van der Waals surface area contributed by atoms with E-state index in [1.165, 1.54) is 34.1 Å². The molecule has 6 nitrogen and oxygen atoms in total. The minimum atomic E-state index is -4.70. The lowest BCUT2D eigenvalue weighted by Crippen LogP contribution is -2.59. The maximum Gasteiger partial charge on any atom is 0.433 e. The van der Waals surface area contributed by atoms with Crippen molar-refractivity contribution in [2.24, 2.45) is 5.41 Å². The van der Waals surface area contributed by atoms with Crippen LogP contribution in [-0.2, 0) is 35.0 Å². The molecule has 2 aromatic rings. The zero-order valence-electron chi connectivity index (χ0n) is 18.5. The van der Waals surface area contributed by atoms with Gasteiger partial charge in [0.25, 0.3) is 0 Å². The first-order valence-electron chi connectivity index (χ1n) is 11.0. The third kappa shape index (κ3) is 4.83. The highest BCUT2D eigenvalue weighted by Gasteiger charge is 2.53. The van der Waals surface area contributed by atoms with Crippen molar-refractivity contribution >= 4 is 11.8 Å². The topological polar surface area (TPSA) is 66.4 Å². The number of aromatic nitrogens is 2. The number of carbonyl (C=O) groups is 2. The Labute approximate surface area is 196 Å². The van der Waals surface area contributed by atoms with Gasteiger partial charge in [-0.3, -0.25) is 19.6 Å². The minimum absolute atomic E-state index is 0.168. The third-order valence-corrected chi connectivity index (χ3v) is 6.50. The van der Waals surface area contributed by atoms with E-state index in [1.54, 1.807) is 0 Å². The molecule has 0 unspecified atom stereocenters. The summed E-state index contributed by atoms with van der Waals surface area (Å²) in [6.45, 7) is -0.392. The Morgan fingerprint density at radius 2 is 1.14 bits per heavy atom. The van der Waals surface area contributed by atoms with Crippen molar-refractivity contribution in [1.82, 2.24) is 19.8 Å². The van der Waals surface area contributed by atoms with Crippen molar-refractivity contribution in [1.29, 1.82) is 0 Å². The molecule has 2 saturated heterocycles. The fourth-order valence-electron chi connectivity index (χ4n) is 4.95. The maximum atomic E-state index is 13.5. The fraction of sp³-hybridized carbons (Fsp3) is 0.478. The van der Waals surface area contributed by atoms with Crippen LogP contribution in [-0.4, -0.2) is 44.7 Å². The molecule has 0 aromatic carbocycles. The Kier molecular flexibility index (Phi) is 6.50. The first-order chi connectivity index (χ1) is 16.4. The number of amides is 2. The van der Waals surface area contributed by atoms with E-state index in [9.17, 15) is 35.9 Å². The molecule has 4 rings (SSSR count). The van der Waals surface area contributed by atoms with E-state index in [2.05, 4.69) is 9.97 Å². The number of hydrogen-bond acceptors (Lipinski definition) is 4. The predicted molar refractivity (Wildman–Crippen MR) is 110 cm³/mol. The molecule has 1 spiro atoms. The zero-order chi connectivity index (χ0) is 25.4. The number of likely N-dealkylation sites (tertiary alicyclic amines) is 2. The molecule has 2 fully saturated rings. The summed E-state index contributed by atoms with van der Waals surface area (Å²) >= 11 is 0. The van der Waals surface area contributed by atoms with E-state index in [4.69, 9.17) is 0 Å². The number of carbonyl (C=O) groups excluding carboxylic acids is 2. The van der Waals surface area contributed by atoms with Gasteiger partial charge in [-0.2, -0.15) is 26.3 Å². The smallest absolute Gasteiger partial charge is 0.337 e. The van der Waals surface area contributed by atoms with Gasteiger partial charge in [0.15, 0.2) is 0 Å². The molecule has 188 valence electrons. The van der Waals surface area contributed by atoms with Crippen molar-refractivity contribution in [3.05, 3.63) is 59.2 Å². The molecule has 0 aliphatic carbocycles. The van der Waals surface area contributed by atoms with E-state index >= 15 is 0 Å². The highest BCUT2D eigenvalue weighted by Crippen LogP contribution is 2.42. The molecule has 0 atom stereocenters. The molecule has 0 radical (unpaired) electrons. The molecule has 12 heteroatoms. The molecule has 0 bridgehead atoms. The molecule has 35 heavy (non-hydrogen) atoms. The molecule has 0 saturated carbocycles. The summed E-state index contributed by atoms with van der Waals surface area (Å²) < 4.78 is 80.2. The van der Waals surface area contributed by atoms with E-state index in [0.717, 1.165) is 12.4 Å². The van der Waals surface area contributed by atoms with Gasteiger partial charge < -0.3 is 9.80 Å². The number of halogens is 6. The van der Waals surface area contributed by atoms with Gasteiger partial charge >= 0.3 is 12.4 Å². The van der Waals surface area contributed by atoms with Crippen molar-refractivity contribution in [2.45, 2.75) is 51.1 Å². The Morgan fingerprint density at radius 3 is 1.51 bits per heavy atom. The Bertz CT molecular complexity index is 1030. The minimum Gasteiger partial charge on any atom is -0.337 e. The maximum absolute atomic E-state index is 13.5. The molecule has 2 aromatic heterocycles. The van der Waals surface area contributed by atoms with Gasteiger partial charge in [-0.15, -0.1) is 0 Å². The van der Waals surface area contributed by atoms with Gasteiger partial charge in [-0.05, 0) is 37.8 Å². The molecular formula is C23H22F6N4O2. The lowest BCUT2D eigenvalue weighted by atomic mass is 9.72. The van der Waals surface area contributed by atoms with Gasteiger partial charge in [-0.1, -0.05) is 12.1 Å². The predicted octanol–water partition coefficient (Wildman–Crippen LogP) is 4.45.